The number of aromatic nitrogens is 1. The summed E-state index contributed by atoms with van der Waals surface area (Å²) >= 11 is 3.21. The molecule has 0 N–H and O–H groups in total. The van der Waals surface area contributed by atoms with Crippen LogP contribution in [0.25, 0.3) is 10.6 Å². The van der Waals surface area contributed by atoms with Crippen molar-refractivity contribution in [3.63, 3.8) is 0 Å². The number of thiazole rings is 1. The van der Waals surface area contributed by atoms with Crippen molar-refractivity contribution >= 4 is 22.7 Å². The van der Waals surface area contributed by atoms with Gasteiger partial charge in [-0.3, -0.25) is 0 Å². The second-order valence-electron chi connectivity index (χ2n) is 2.18. The quantitative estimate of drug-likeness (QED) is 0.738. The molecule has 12 heavy (non-hydrogen) atoms. The second-order valence-corrected chi connectivity index (χ2v) is 3.95. The Balaban J connectivity index is 2.35. The molecule has 0 unspecified atom stereocenters. The van der Waals surface area contributed by atoms with Crippen LogP contribution in [0.5, 0.6) is 5.19 Å². The predicted molar refractivity (Wildman–Crippen MR) is 52.0 cm³/mol. The molecule has 0 fully saturated rings. The molecule has 0 aliphatic heterocycles. The van der Waals surface area contributed by atoms with Crippen LogP contribution in [0.2, 0.25) is 0 Å². The van der Waals surface area contributed by atoms with Crippen molar-refractivity contribution in [2.75, 3.05) is 7.11 Å². The van der Waals surface area contributed by atoms with Crippen LogP contribution in [0.4, 0.5) is 0 Å². The topological polar surface area (TPSA) is 22.1 Å². The van der Waals surface area contributed by atoms with E-state index >= 15 is 0 Å². The van der Waals surface area contributed by atoms with E-state index in [4.69, 9.17) is 4.74 Å². The van der Waals surface area contributed by atoms with Crippen LogP contribution in [-0.2, 0) is 0 Å². The first-order chi connectivity index (χ1) is 5.90. The van der Waals surface area contributed by atoms with E-state index in [0.717, 1.165) is 10.9 Å². The fraction of sp³-hybridized carbons (Fsp3) is 0.125. The lowest BCUT2D eigenvalue weighted by Crippen LogP contribution is -1.79. The molecule has 2 aromatic heterocycles. The van der Waals surface area contributed by atoms with Crippen molar-refractivity contribution in [3.05, 3.63) is 22.9 Å². The van der Waals surface area contributed by atoms with E-state index in [1.165, 1.54) is 16.2 Å². The monoisotopic (exact) mass is 197 g/mol. The third-order valence-electron chi connectivity index (χ3n) is 1.43. The van der Waals surface area contributed by atoms with Crippen LogP contribution >= 0.6 is 22.7 Å². The Kier molecular flexibility index (Phi) is 2.10. The molecule has 0 atom stereocenters. The van der Waals surface area contributed by atoms with E-state index in [-0.39, 0.29) is 0 Å². The van der Waals surface area contributed by atoms with E-state index in [1.54, 1.807) is 18.4 Å². The molecule has 0 aliphatic carbocycles. The molecule has 0 spiro atoms. The van der Waals surface area contributed by atoms with Gasteiger partial charge in [0, 0.05) is 5.38 Å². The Hall–Kier alpha value is -0.870. The fourth-order valence-electron chi connectivity index (χ4n) is 0.889. The summed E-state index contributed by atoms with van der Waals surface area (Å²) in [6.07, 6.45) is 0. The maximum absolute atomic E-state index is 5.00. The van der Waals surface area contributed by atoms with Crippen LogP contribution in [-0.4, -0.2) is 12.1 Å². The van der Waals surface area contributed by atoms with Gasteiger partial charge in [0.15, 0.2) is 0 Å². The summed E-state index contributed by atoms with van der Waals surface area (Å²) in [6.45, 7) is 0. The summed E-state index contributed by atoms with van der Waals surface area (Å²) in [5, 5.41) is 4.77. The minimum Gasteiger partial charge on any atom is -0.473 e. The molecule has 2 heterocycles. The highest BCUT2D eigenvalue weighted by Crippen LogP contribution is 2.28. The number of methoxy groups -OCH3 is 1. The van der Waals surface area contributed by atoms with Gasteiger partial charge in [0.05, 0.1) is 17.7 Å². The molecule has 2 nitrogen and oxygen atoms in total. The largest absolute Gasteiger partial charge is 0.473 e. The zero-order valence-corrected chi connectivity index (χ0v) is 8.11. The number of thiophene rings is 1. The minimum absolute atomic E-state index is 0.721. The predicted octanol–water partition coefficient (Wildman–Crippen LogP) is 2.88. The molecule has 4 heteroatoms. The van der Waals surface area contributed by atoms with Gasteiger partial charge in [-0.15, -0.1) is 11.3 Å². The van der Waals surface area contributed by atoms with Crippen LogP contribution in [0.1, 0.15) is 0 Å². The average molecular weight is 197 g/mol. The van der Waals surface area contributed by atoms with Gasteiger partial charge >= 0.3 is 0 Å². The van der Waals surface area contributed by atoms with Crippen molar-refractivity contribution in [1.82, 2.24) is 4.98 Å². The molecule has 0 saturated heterocycles. The molecule has 0 bridgehead atoms. The van der Waals surface area contributed by atoms with E-state index in [0.29, 0.717) is 0 Å². The van der Waals surface area contributed by atoms with Crippen molar-refractivity contribution in [2.24, 2.45) is 0 Å². The summed E-state index contributed by atoms with van der Waals surface area (Å²) in [7, 11) is 1.64. The zero-order chi connectivity index (χ0) is 8.39. The summed E-state index contributed by atoms with van der Waals surface area (Å²) in [4.78, 5) is 5.47. The minimum atomic E-state index is 0.721. The number of hydrogen-bond donors (Lipinski definition) is 0. The normalized spacial score (nSPS) is 10.1. The summed E-state index contributed by atoms with van der Waals surface area (Å²) in [5.41, 5.74) is 1.01. The Morgan fingerprint density at radius 3 is 2.92 bits per heavy atom. The van der Waals surface area contributed by atoms with Crippen molar-refractivity contribution < 1.29 is 4.74 Å². The van der Waals surface area contributed by atoms with E-state index in [2.05, 4.69) is 11.1 Å². The van der Waals surface area contributed by atoms with Gasteiger partial charge in [0.2, 0.25) is 0 Å². The fourth-order valence-corrected chi connectivity index (χ4v) is 2.29. The SMILES string of the molecule is COc1nc(-c2cccs2)cs1. The van der Waals surface area contributed by atoms with E-state index in [1.807, 2.05) is 16.8 Å². The van der Waals surface area contributed by atoms with Crippen LogP contribution in [0, 0.1) is 0 Å². The Morgan fingerprint density at radius 2 is 2.33 bits per heavy atom. The van der Waals surface area contributed by atoms with Gasteiger partial charge in [0.1, 0.15) is 0 Å². The molecule has 0 aromatic carbocycles. The van der Waals surface area contributed by atoms with Gasteiger partial charge in [-0.05, 0) is 11.4 Å². The maximum Gasteiger partial charge on any atom is 0.273 e. The number of rotatable bonds is 2. The summed E-state index contributed by atoms with van der Waals surface area (Å²) in [6, 6.07) is 4.07. The second kappa shape index (κ2) is 3.25. The summed E-state index contributed by atoms with van der Waals surface area (Å²) in [5.74, 6) is 0. The van der Waals surface area contributed by atoms with Crippen molar-refractivity contribution in [3.8, 4) is 15.8 Å². The van der Waals surface area contributed by atoms with Gasteiger partial charge < -0.3 is 4.74 Å². The number of ether oxygens (including phenoxy) is 1. The van der Waals surface area contributed by atoms with Gasteiger partial charge in [-0.1, -0.05) is 17.4 Å². The smallest absolute Gasteiger partial charge is 0.273 e. The highest BCUT2D eigenvalue weighted by Gasteiger charge is 2.03. The lowest BCUT2D eigenvalue weighted by atomic mass is 10.4. The van der Waals surface area contributed by atoms with Crippen LogP contribution < -0.4 is 4.74 Å². The first-order valence-electron chi connectivity index (χ1n) is 3.43. The van der Waals surface area contributed by atoms with Crippen molar-refractivity contribution in [1.29, 1.82) is 0 Å². The summed E-state index contributed by atoms with van der Waals surface area (Å²) < 4.78 is 5.00. The average Bonchev–Trinajstić information content (AvgIpc) is 2.75. The molecule has 0 aliphatic rings. The highest BCUT2D eigenvalue weighted by atomic mass is 32.1. The Labute approximate surface area is 78.5 Å². The molecule has 0 saturated carbocycles. The zero-order valence-electron chi connectivity index (χ0n) is 6.48. The standard InChI is InChI=1S/C8H7NOS2/c1-10-8-9-6(5-12-8)7-3-2-4-11-7/h2-5H,1H3. The van der Waals surface area contributed by atoms with Gasteiger partial charge in [-0.2, -0.15) is 0 Å². The Morgan fingerprint density at radius 1 is 1.42 bits per heavy atom. The third kappa shape index (κ3) is 1.35. The Bertz CT molecular complexity index is 353. The molecular formula is C8H7NOS2. The van der Waals surface area contributed by atoms with Crippen LogP contribution in [0.15, 0.2) is 22.9 Å². The molecule has 0 radical (unpaired) electrons. The molecule has 62 valence electrons. The lowest BCUT2D eigenvalue weighted by Gasteiger charge is -1.88. The molecule has 2 rings (SSSR count). The van der Waals surface area contributed by atoms with E-state index in [9.17, 15) is 0 Å². The van der Waals surface area contributed by atoms with Crippen molar-refractivity contribution in [2.45, 2.75) is 0 Å². The number of nitrogens with zero attached hydrogens (tertiary/aromatic N) is 1. The molecular weight excluding hydrogens is 190 g/mol. The first kappa shape index (κ1) is 7.76. The van der Waals surface area contributed by atoms with Crippen LogP contribution in [0.3, 0.4) is 0 Å². The van der Waals surface area contributed by atoms with Gasteiger partial charge in [0.25, 0.3) is 5.19 Å². The van der Waals surface area contributed by atoms with E-state index < -0.39 is 0 Å². The van der Waals surface area contributed by atoms with Gasteiger partial charge in [-0.25, -0.2) is 4.98 Å². The third-order valence-corrected chi connectivity index (χ3v) is 3.12. The maximum atomic E-state index is 5.00. The lowest BCUT2D eigenvalue weighted by molar-refractivity contribution is 0.412. The highest BCUT2D eigenvalue weighted by molar-refractivity contribution is 7.14. The number of hydrogen-bond acceptors (Lipinski definition) is 4. The first-order valence-corrected chi connectivity index (χ1v) is 5.19. The molecule has 0 amide bonds. The molecule has 2 aromatic rings.